The number of rotatable bonds is 4. The van der Waals surface area contributed by atoms with Gasteiger partial charge in [0.05, 0.1) is 6.54 Å². The normalized spacial score (nSPS) is 21.2. The van der Waals surface area contributed by atoms with Crippen LogP contribution in [-0.4, -0.2) is 48.9 Å². The molecule has 0 bridgehead atoms. The van der Waals surface area contributed by atoms with E-state index in [1.54, 1.807) is 0 Å². The molecule has 0 saturated carbocycles. The minimum atomic E-state index is -0.0823. The van der Waals surface area contributed by atoms with Gasteiger partial charge in [0.25, 0.3) is 0 Å². The highest BCUT2D eigenvalue weighted by Gasteiger charge is 2.35. The molecule has 2 unspecified atom stereocenters. The maximum atomic E-state index is 12.1. The second-order valence-electron chi connectivity index (χ2n) is 5.25. The topological polar surface area (TPSA) is 35.6 Å². The minimum Gasteiger partial charge on any atom is -0.318 e. The molecule has 0 aromatic heterocycles. The Bertz CT molecular complexity index is 464. The lowest BCUT2D eigenvalue weighted by molar-refractivity contribution is -0.130. The number of likely N-dealkylation sites (N-methyl/N-ethyl adjacent to an activating group) is 1. The van der Waals surface area contributed by atoms with Crippen LogP contribution in [0.1, 0.15) is 18.7 Å². The van der Waals surface area contributed by atoms with Crippen molar-refractivity contribution in [3.05, 3.63) is 34.9 Å². The summed E-state index contributed by atoms with van der Waals surface area (Å²) in [5.74, 6) is 0.138. The Morgan fingerprint density at radius 2 is 2.26 bits per heavy atom. The lowest BCUT2D eigenvalue weighted by Gasteiger charge is -2.32. The standard InChI is InChI=1S/C14H20ClN3O/c1-10(9-17(2)3)18-13(19)8-16-14(18)11-5-4-6-12(15)7-11/h4-7,10,14,16H,8-9H2,1-3H3. The highest BCUT2D eigenvalue weighted by molar-refractivity contribution is 6.30. The molecule has 1 heterocycles. The van der Waals surface area contributed by atoms with E-state index in [1.807, 2.05) is 43.3 Å². The van der Waals surface area contributed by atoms with Crippen molar-refractivity contribution in [2.45, 2.75) is 19.1 Å². The third-order valence-electron chi connectivity index (χ3n) is 3.28. The van der Waals surface area contributed by atoms with E-state index in [9.17, 15) is 4.79 Å². The van der Waals surface area contributed by atoms with Crippen molar-refractivity contribution < 1.29 is 4.79 Å². The van der Waals surface area contributed by atoms with Crippen LogP contribution in [0.3, 0.4) is 0 Å². The first-order chi connectivity index (χ1) is 8.99. The van der Waals surface area contributed by atoms with Gasteiger partial charge in [-0.05, 0) is 38.7 Å². The predicted molar refractivity (Wildman–Crippen MR) is 77.1 cm³/mol. The van der Waals surface area contributed by atoms with Gasteiger partial charge in [-0.25, -0.2) is 0 Å². The van der Waals surface area contributed by atoms with Gasteiger partial charge in [0.1, 0.15) is 6.17 Å². The first-order valence-electron chi connectivity index (χ1n) is 6.44. The second kappa shape index (κ2) is 5.90. The maximum absolute atomic E-state index is 12.1. The Kier molecular flexibility index (Phi) is 4.45. The van der Waals surface area contributed by atoms with Gasteiger partial charge in [0, 0.05) is 17.6 Å². The Labute approximate surface area is 119 Å². The number of nitrogens with one attached hydrogen (secondary N) is 1. The molecule has 1 aliphatic rings. The fourth-order valence-electron chi connectivity index (χ4n) is 2.59. The van der Waals surface area contributed by atoms with Crippen molar-refractivity contribution in [3.8, 4) is 0 Å². The van der Waals surface area contributed by atoms with E-state index in [0.29, 0.717) is 11.6 Å². The molecule has 1 saturated heterocycles. The number of halogens is 1. The molecule has 1 N–H and O–H groups in total. The van der Waals surface area contributed by atoms with Crippen LogP contribution in [-0.2, 0) is 4.79 Å². The molecule has 0 spiro atoms. The Hall–Kier alpha value is -1.10. The summed E-state index contributed by atoms with van der Waals surface area (Å²) >= 11 is 6.03. The maximum Gasteiger partial charge on any atom is 0.238 e. The predicted octanol–water partition coefficient (Wildman–Crippen LogP) is 1.72. The zero-order valence-electron chi connectivity index (χ0n) is 11.6. The van der Waals surface area contributed by atoms with Crippen LogP contribution in [0.15, 0.2) is 24.3 Å². The lowest BCUT2D eigenvalue weighted by atomic mass is 10.1. The zero-order valence-corrected chi connectivity index (χ0v) is 12.3. The number of benzene rings is 1. The van der Waals surface area contributed by atoms with Gasteiger partial charge in [0.15, 0.2) is 0 Å². The van der Waals surface area contributed by atoms with Crippen LogP contribution in [0.25, 0.3) is 0 Å². The summed E-state index contributed by atoms with van der Waals surface area (Å²) in [6, 6.07) is 7.82. The van der Waals surface area contributed by atoms with Crippen LogP contribution in [0, 0.1) is 0 Å². The summed E-state index contributed by atoms with van der Waals surface area (Å²) in [4.78, 5) is 16.1. The molecule has 2 rings (SSSR count). The average molecular weight is 282 g/mol. The number of carbonyl (C=O) groups is 1. The van der Waals surface area contributed by atoms with Gasteiger partial charge >= 0.3 is 0 Å². The van der Waals surface area contributed by atoms with E-state index in [2.05, 4.69) is 17.1 Å². The third kappa shape index (κ3) is 3.26. The van der Waals surface area contributed by atoms with E-state index in [0.717, 1.165) is 12.1 Å². The molecule has 1 fully saturated rings. The molecule has 104 valence electrons. The van der Waals surface area contributed by atoms with Crippen LogP contribution < -0.4 is 5.32 Å². The Morgan fingerprint density at radius 1 is 1.53 bits per heavy atom. The highest BCUT2D eigenvalue weighted by Crippen LogP contribution is 2.26. The number of nitrogens with zero attached hydrogens (tertiary/aromatic N) is 2. The van der Waals surface area contributed by atoms with Crippen molar-refractivity contribution in [2.75, 3.05) is 27.2 Å². The second-order valence-corrected chi connectivity index (χ2v) is 5.69. The van der Waals surface area contributed by atoms with Gasteiger partial charge in [-0.2, -0.15) is 0 Å². The molecular formula is C14H20ClN3O. The fraction of sp³-hybridized carbons (Fsp3) is 0.500. The SMILES string of the molecule is CC(CN(C)C)N1C(=O)CNC1c1cccc(Cl)c1. The molecule has 0 aliphatic carbocycles. The minimum absolute atomic E-state index is 0.0823. The van der Waals surface area contributed by atoms with Crippen molar-refractivity contribution >= 4 is 17.5 Å². The van der Waals surface area contributed by atoms with Crippen LogP contribution in [0.4, 0.5) is 0 Å². The molecule has 1 amide bonds. The van der Waals surface area contributed by atoms with E-state index < -0.39 is 0 Å². The molecule has 0 radical (unpaired) electrons. The van der Waals surface area contributed by atoms with Crippen LogP contribution in [0.5, 0.6) is 0 Å². The van der Waals surface area contributed by atoms with Gasteiger partial charge in [-0.15, -0.1) is 0 Å². The smallest absolute Gasteiger partial charge is 0.238 e. The Balaban J connectivity index is 2.22. The molecule has 5 heteroatoms. The summed E-state index contributed by atoms with van der Waals surface area (Å²) in [6.45, 7) is 3.29. The fourth-order valence-corrected chi connectivity index (χ4v) is 2.79. The molecule has 1 aromatic carbocycles. The summed E-state index contributed by atoms with van der Waals surface area (Å²) in [5, 5.41) is 3.95. The number of amides is 1. The molecular weight excluding hydrogens is 262 g/mol. The van der Waals surface area contributed by atoms with E-state index in [1.165, 1.54) is 0 Å². The van der Waals surface area contributed by atoms with Gasteiger partial charge < -0.3 is 9.80 Å². The van der Waals surface area contributed by atoms with E-state index in [4.69, 9.17) is 11.6 Å². The van der Waals surface area contributed by atoms with Crippen LogP contribution in [0.2, 0.25) is 5.02 Å². The number of carbonyl (C=O) groups excluding carboxylic acids is 1. The third-order valence-corrected chi connectivity index (χ3v) is 3.52. The largest absolute Gasteiger partial charge is 0.318 e. The number of hydrogen-bond acceptors (Lipinski definition) is 3. The van der Waals surface area contributed by atoms with Crippen molar-refractivity contribution in [3.63, 3.8) is 0 Å². The Morgan fingerprint density at radius 3 is 2.89 bits per heavy atom. The summed E-state index contributed by atoms with van der Waals surface area (Å²) in [7, 11) is 4.03. The van der Waals surface area contributed by atoms with Crippen molar-refractivity contribution in [2.24, 2.45) is 0 Å². The highest BCUT2D eigenvalue weighted by atomic mass is 35.5. The van der Waals surface area contributed by atoms with E-state index >= 15 is 0 Å². The quantitative estimate of drug-likeness (QED) is 0.913. The average Bonchev–Trinajstić information content (AvgIpc) is 2.70. The number of hydrogen-bond donors (Lipinski definition) is 1. The molecule has 1 aromatic rings. The monoisotopic (exact) mass is 281 g/mol. The van der Waals surface area contributed by atoms with Gasteiger partial charge in [-0.3, -0.25) is 10.1 Å². The molecule has 1 aliphatic heterocycles. The lowest BCUT2D eigenvalue weighted by Crippen LogP contribution is -2.43. The first-order valence-corrected chi connectivity index (χ1v) is 6.81. The van der Waals surface area contributed by atoms with Crippen LogP contribution >= 0.6 is 11.6 Å². The zero-order chi connectivity index (χ0) is 14.0. The summed E-state index contributed by atoms with van der Waals surface area (Å²) < 4.78 is 0. The first kappa shape index (κ1) is 14.3. The molecule has 19 heavy (non-hydrogen) atoms. The summed E-state index contributed by atoms with van der Waals surface area (Å²) in [6.07, 6.45) is -0.0823. The van der Waals surface area contributed by atoms with E-state index in [-0.39, 0.29) is 18.1 Å². The van der Waals surface area contributed by atoms with Crippen molar-refractivity contribution in [1.29, 1.82) is 0 Å². The van der Waals surface area contributed by atoms with Crippen molar-refractivity contribution in [1.82, 2.24) is 15.1 Å². The molecule has 2 atom stereocenters. The molecule has 4 nitrogen and oxygen atoms in total. The summed E-state index contributed by atoms with van der Waals surface area (Å²) in [5.41, 5.74) is 1.03. The van der Waals surface area contributed by atoms with Gasteiger partial charge in [-0.1, -0.05) is 23.7 Å². The van der Waals surface area contributed by atoms with Gasteiger partial charge in [0.2, 0.25) is 5.91 Å².